The number of likely N-dealkylation sites (tertiary alicyclic amines) is 1. The van der Waals surface area contributed by atoms with Gasteiger partial charge in [-0.2, -0.15) is 0 Å². The Kier molecular flexibility index (Phi) is 3.10. The highest BCUT2D eigenvalue weighted by molar-refractivity contribution is 5.77. The molecule has 3 aliphatic rings. The molecule has 0 bridgehead atoms. The van der Waals surface area contributed by atoms with Gasteiger partial charge in [-0.1, -0.05) is 6.92 Å². The molecule has 1 aromatic heterocycles. The third-order valence-electron chi connectivity index (χ3n) is 5.28. The second-order valence-electron chi connectivity index (χ2n) is 7.09. The highest BCUT2D eigenvalue weighted by atomic mass is 16.3. The Hall–Kier alpha value is -1.29. The van der Waals surface area contributed by atoms with Gasteiger partial charge in [0.1, 0.15) is 17.6 Å². The Morgan fingerprint density at radius 1 is 1.24 bits per heavy atom. The van der Waals surface area contributed by atoms with Gasteiger partial charge < -0.3 is 15.1 Å². The van der Waals surface area contributed by atoms with Crippen LogP contribution in [0.15, 0.2) is 16.5 Å². The zero-order valence-corrected chi connectivity index (χ0v) is 12.6. The molecular weight excluding hydrogens is 264 g/mol. The van der Waals surface area contributed by atoms with Crippen LogP contribution in [0.5, 0.6) is 0 Å². The molecule has 3 fully saturated rings. The van der Waals surface area contributed by atoms with E-state index in [1.807, 2.05) is 4.90 Å². The van der Waals surface area contributed by atoms with Crippen molar-refractivity contribution < 1.29 is 9.21 Å². The van der Waals surface area contributed by atoms with Gasteiger partial charge in [0.15, 0.2) is 0 Å². The summed E-state index contributed by atoms with van der Waals surface area (Å²) in [6, 6.07) is 4.47. The molecule has 4 unspecified atom stereocenters. The zero-order chi connectivity index (χ0) is 14.6. The molecule has 21 heavy (non-hydrogen) atoms. The molecule has 0 radical (unpaired) electrons. The average molecular weight is 288 g/mol. The summed E-state index contributed by atoms with van der Waals surface area (Å²) in [4.78, 5) is 14.5. The summed E-state index contributed by atoms with van der Waals surface area (Å²) in [5.74, 6) is 3.54. The summed E-state index contributed by atoms with van der Waals surface area (Å²) in [5.41, 5.74) is 6.40. The summed E-state index contributed by atoms with van der Waals surface area (Å²) in [5, 5.41) is 0. The molecule has 2 heterocycles. The fourth-order valence-electron chi connectivity index (χ4n) is 3.71. The third kappa shape index (κ3) is 2.39. The van der Waals surface area contributed by atoms with Crippen molar-refractivity contribution >= 4 is 5.91 Å². The Bertz CT molecular complexity index is 549. The van der Waals surface area contributed by atoms with Crippen molar-refractivity contribution in [1.29, 1.82) is 0 Å². The zero-order valence-electron chi connectivity index (χ0n) is 12.6. The SMILES string of the molecule is CC1CC1c1ccc(C2C(N)CCCC(=O)N2C2CC2)o1. The van der Waals surface area contributed by atoms with E-state index in [1.165, 1.54) is 6.42 Å². The molecule has 2 N–H and O–H groups in total. The lowest BCUT2D eigenvalue weighted by atomic mass is 10.0. The molecule has 1 amide bonds. The van der Waals surface area contributed by atoms with Gasteiger partial charge in [-0.25, -0.2) is 0 Å². The number of nitrogens with two attached hydrogens (primary N) is 1. The lowest BCUT2D eigenvalue weighted by Gasteiger charge is -2.32. The first-order chi connectivity index (χ1) is 10.1. The molecule has 4 rings (SSSR count). The monoisotopic (exact) mass is 288 g/mol. The molecule has 0 aromatic carbocycles. The molecule has 114 valence electrons. The number of carbonyl (C=O) groups excluding carboxylic acids is 1. The maximum absolute atomic E-state index is 12.5. The lowest BCUT2D eigenvalue weighted by molar-refractivity contribution is -0.134. The summed E-state index contributed by atoms with van der Waals surface area (Å²) in [7, 11) is 0. The van der Waals surface area contributed by atoms with Gasteiger partial charge in [0.25, 0.3) is 0 Å². The number of hydrogen-bond donors (Lipinski definition) is 1. The number of carbonyl (C=O) groups is 1. The Labute approximate surface area is 125 Å². The molecule has 4 heteroatoms. The Morgan fingerprint density at radius 2 is 1.95 bits per heavy atom. The molecule has 1 aromatic rings. The largest absolute Gasteiger partial charge is 0.464 e. The first kappa shape index (κ1) is 13.4. The van der Waals surface area contributed by atoms with Crippen molar-refractivity contribution in [2.75, 3.05) is 0 Å². The van der Waals surface area contributed by atoms with Crippen LogP contribution in [-0.4, -0.2) is 22.9 Å². The van der Waals surface area contributed by atoms with Crippen molar-refractivity contribution in [2.45, 2.75) is 69.5 Å². The molecule has 2 saturated carbocycles. The van der Waals surface area contributed by atoms with Crippen LogP contribution in [0, 0.1) is 5.92 Å². The van der Waals surface area contributed by atoms with Crippen LogP contribution in [0.1, 0.15) is 68.9 Å². The first-order valence-corrected chi connectivity index (χ1v) is 8.31. The van der Waals surface area contributed by atoms with Gasteiger partial charge in [0.05, 0.1) is 0 Å². The summed E-state index contributed by atoms with van der Waals surface area (Å²) < 4.78 is 6.13. The first-order valence-electron chi connectivity index (χ1n) is 8.31. The van der Waals surface area contributed by atoms with Crippen LogP contribution in [0.4, 0.5) is 0 Å². The number of rotatable bonds is 3. The normalized spacial score (nSPS) is 36.7. The van der Waals surface area contributed by atoms with Gasteiger partial charge in [0, 0.05) is 24.4 Å². The van der Waals surface area contributed by atoms with E-state index in [-0.39, 0.29) is 18.0 Å². The quantitative estimate of drug-likeness (QED) is 0.930. The fraction of sp³-hybridized carbons (Fsp3) is 0.706. The number of amides is 1. The summed E-state index contributed by atoms with van der Waals surface area (Å²) in [6.45, 7) is 2.25. The minimum absolute atomic E-state index is 0.00678. The van der Waals surface area contributed by atoms with E-state index < -0.39 is 0 Å². The number of hydrogen-bond acceptors (Lipinski definition) is 3. The number of nitrogens with zero attached hydrogens (tertiary/aromatic N) is 1. The maximum Gasteiger partial charge on any atom is 0.223 e. The average Bonchev–Trinajstić information content (AvgIpc) is 3.36. The second kappa shape index (κ2) is 4.87. The molecule has 1 aliphatic heterocycles. The molecule has 2 aliphatic carbocycles. The second-order valence-corrected chi connectivity index (χ2v) is 7.09. The van der Waals surface area contributed by atoms with Crippen LogP contribution in [0.3, 0.4) is 0 Å². The number of furan rings is 1. The Balaban J connectivity index is 1.65. The van der Waals surface area contributed by atoms with Crippen molar-refractivity contribution in [2.24, 2.45) is 11.7 Å². The van der Waals surface area contributed by atoms with Gasteiger partial charge in [-0.15, -0.1) is 0 Å². The van der Waals surface area contributed by atoms with E-state index in [4.69, 9.17) is 10.2 Å². The molecular formula is C17H24N2O2. The van der Waals surface area contributed by atoms with E-state index in [2.05, 4.69) is 19.1 Å². The van der Waals surface area contributed by atoms with Crippen LogP contribution < -0.4 is 5.73 Å². The molecule has 4 atom stereocenters. The van der Waals surface area contributed by atoms with Crippen LogP contribution >= 0.6 is 0 Å². The van der Waals surface area contributed by atoms with Crippen molar-refractivity contribution in [1.82, 2.24) is 4.90 Å². The van der Waals surface area contributed by atoms with Gasteiger partial charge in [0.2, 0.25) is 5.91 Å². The smallest absolute Gasteiger partial charge is 0.223 e. The molecule has 4 nitrogen and oxygen atoms in total. The van der Waals surface area contributed by atoms with E-state index in [1.54, 1.807) is 0 Å². The molecule has 1 saturated heterocycles. The predicted octanol–water partition coefficient (Wildman–Crippen LogP) is 2.95. The van der Waals surface area contributed by atoms with E-state index in [9.17, 15) is 4.79 Å². The van der Waals surface area contributed by atoms with Crippen molar-refractivity contribution in [3.05, 3.63) is 23.7 Å². The van der Waals surface area contributed by atoms with Crippen LogP contribution in [0.2, 0.25) is 0 Å². The van der Waals surface area contributed by atoms with Crippen molar-refractivity contribution in [3.63, 3.8) is 0 Å². The minimum atomic E-state index is -0.0599. The minimum Gasteiger partial charge on any atom is -0.464 e. The topological polar surface area (TPSA) is 59.5 Å². The van der Waals surface area contributed by atoms with Crippen LogP contribution in [0.25, 0.3) is 0 Å². The van der Waals surface area contributed by atoms with Crippen molar-refractivity contribution in [3.8, 4) is 0 Å². The summed E-state index contributed by atoms with van der Waals surface area (Å²) in [6.07, 6.45) is 5.87. The highest BCUT2D eigenvalue weighted by Crippen LogP contribution is 2.48. The maximum atomic E-state index is 12.5. The van der Waals surface area contributed by atoms with Gasteiger partial charge in [-0.05, 0) is 50.2 Å². The van der Waals surface area contributed by atoms with Crippen LogP contribution in [-0.2, 0) is 4.79 Å². The standard InChI is InChI=1S/C17H24N2O2/c1-10-9-12(10)14-7-8-15(21-14)17-13(18)3-2-4-16(20)19(17)11-5-6-11/h7-8,10-13,17H,2-6,9,18H2,1H3. The summed E-state index contributed by atoms with van der Waals surface area (Å²) >= 11 is 0. The fourth-order valence-corrected chi connectivity index (χ4v) is 3.71. The van der Waals surface area contributed by atoms with Gasteiger partial charge in [-0.3, -0.25) is 4.79 Å². The predicted molar refractivity (Wildman–Crippen MR) is 79.7 cm³/mol. The third-order valence-corrected chi connectivity index (χ3v) is 5.28. The molecule has 0 spiro atoms. The van der Waals surface area contributed by atoms with E-state index in [0.29, 0.717) is 18.4 Å². The van der Waals surface area contributed by atoms with Gasteiger partial charge >= 0.3 is 0 Å². The van der Waals surface area contributed by atoms with E-state index >= 15 is 0 Å². The lowest BCUT2D eigenvalue weighted by Crippen LogP contribution is -2.43. The Morgan fingerprint density at radius 3 is 2.62 bits per heavy atom. The highest BCUT2D eigenvalue weighted by Gasteiger charge is 2.44. The van der Waals surface area contributed by atoms with E-state index in [0.717, 1.165) is 43.1 Å².